The van der Waals surface area contributed by atoms with Crippen molar-refractivity contribution in [1.29, 1.82) is 0 Å². The molecule has 0 unspecified atom stereocenters. The lowest BCUT2D eigenvalue weighted by atomic mass is 9.72. The van der Waals surface area contributed by atoms with Gasteiger partial charge < -0.3 is 0 Å². The van der Waals surface area contributed by atoms with E-state index in [4.69, 9.17) is 0 Å². The Labute approximate surface area is 310 Å². The highest BCUT2D eigenvalue weighted by Crippen LogP contribution is 2.60. The standard InChI is InChI=1S/C54H32/c1-25-9-5-11-31(27(25)3)43-37-15-7-13-33-35-21-18-30-20-24-40-44(32-12-6-10-26(2)28(32)4)38-16-8-14-34-36-22-17-29-19-23-39(43)49-41(29)47(36)54-52(46(34)38)50(40)42(30)48(35)53(54)51(49)45(33)37/h5-24H,1-4H3. The predicted octanol–water partition coefficient (Wildman–Crippen LogP) is 15.6. The van der Waals surface area contributed by atoms with E-state index in [1.54, 1.807) is 0 Å². The molecule has 0 nitrogen and oxygen atoms in total. The van der Waals surface area contributed by atoms with Gasteiger partial charge in [-0.25, -0.2) is 0 Å². The molecule has 0 N–H and O–H groups in total. The zero-order valence-corrected chi connectivity index (χ0v) is 30.5. The maximum Gasteiger partial charge on any atom is -0.0000253 e. The van der Waals surface area contributed by atoms with Crippen LogP contribution in [0.5, 0.6) is 0 Å². The van der Waals surface area contributed by atoms with Gasteiger partial charge in [0.05, 0.1) is 0 Å². The fourth-order valence-electron chi connectivity index (χ4n) is 11.7. The molecule has 14 rings (SSSR count). The normalized spacial score (nSPS) is 13.2. The molecule has 0 fully saturated rings. The van der Waals surface area contributed by atoms with Gasteiger partial charge in [-0.15, -0.1) is 0 Å². The molecule has 0 atom stereocenters. The number of hydrogen-bond acceptors (Lipinski definition) is 0. The van der Waals surface area contributed by atoms with Crippen LogP contribution < -0.4 is 0 Å². The van der Waals surface area contributed by atoms with Crippen LogP contribution in [0.15, 0.2) is 121 Å². The number of benzene rings is 14. The fraction of sp³-hybridized carbons (Fsp3) is 0.0741. The molecule has 0 aliphatic heterocycles. The summed E-state index contributed by atoms with van der Waals surface area (Å²) in [5, 5.41) is 30.8. The van der Waals surface area contributed by atoms with Gasteiger partial charge in [0.1, 0.15) is 0 Å². The molecule has 14 aromatic rings. The maximum atomic E-state index is 2.44. The van der Waals surface area contributed by atoms with E-state index in [-0.39, 0.29) is 0 Å². The molecule has 0 bridgehead atoms. The lowest BCUT2D eigenvalue weighted by Gasteiger charge is -2.30. The third-order valence-electron chi connectivity index (χ3n) is 14.2. The molecule has 0 spiro atoms. The van der Waals surface area contributed by atoms with Gasteiger partial charge in [0.15, 0.2) is 0 Å². The van der Waals surface area contributed by atoms with Crippen molar-refractivity contribution in [2.45, 2.75) is 27.7 Å². The third-order valence-corrected chi connectivity index (χ3v) is 14.2. The second kappa shape index (κ2) is 8.99. The van der Waals surface area contributed by atoms with Gasteiger partial charge in [0, 0.05) is 0 Å². The van der Waals surface area contributed by atoms with Crippen molar-refractivity contribution in [3.63, 3.8) is 0 Å². The summed E-state index contributed by atoms with van der Waals surface area (Å²) in [6.07, 6.45) is 0. The number of hydrogen-bond donors (Lipinski definition) is 0. The minimum atomic E-state index is 1.33. The molecule has 0 heteroatoms. The van der Waals surface area contributed by atoms with Crippen LogP contribution >= 0.6 is 0 Å². The Kier molecular flexibility index (Phi) is 4.67. The van der Waals surface area contributed by atoms with Gasteiger partial charge in [-0.1, -0.05) is 121 Å². The summed E-state index contributed by atoms with van der Waals surface area (Å²) in [5.41, 5.74) is 10.8. The summed E-state index contributed by atoms with van der Waals surface area (Å²) >= 11 is 0. The van der Waals surface area contributed by atoms with Gasteiger partial charge >= 0.3 is 0 Å². The molecule has 248 valence electrons. The smallest absolute Gasteiger partial charge is 0.0000253 e. The average Bonchev–Trinajstić information content (AvgIpc) is 3.20. The second-order valence-electron chi connectivity index (χ2n) is 16.3. The van der Waals surface area contributed by atoms with Crippen LogP contribution in [0.25, 0.3) is 141 Å². The maximum absolute atomic E-state index is 2.44. The molecule has 0 aromatic heterocycles. The molecular weight excluding hydrogens is 649 g/mol. The lowest BCUT2D eigenvalue weighted by molar-refractivity contribution is 1.35. The van der Waals surface area contributed by atoms with Gasteiger partial charge in [-0.3, -0.25) is 0 Å². The first-order valence-electron chi connectivity index (χ1n) is 19.4. The fourth-order valence-corrected chi connectivity index (χ4v) is 11.7. The molecule has 0 aliphatic carbocycles. The van der Waals surface area contributed by atoms with Crippen molar-refractivity contribution in [1.82, 2.24) is 0 Å². The summed E-state index contributed by atoms with van der Waals surface area (Å²) in [6, 6.07) is 47.3. The van der Waals surface area contributed by atoms with Crippen LogP contribution in [0.2, 0.25) is 0 Å². The first kappa shape index (κ1) is 28.1. The molecule has 0 saturated carbocycles. The number of rotatable bonds is 2. The largest absolute Gasteiger partial charge is 0.0614 e. The third kappa shape index (κ3) is 2.86. The highest BCUT2D eigenvalue weighted by Gasteiger charge is 2.32. The average molecular weight is 681 g/mol. The van der Waals surface area contributed by atoms with E-state index in [1.165, 1.54) is 163 Å². The van der Waals surface area contributed by atoms with Crippen molar-refractivity contribution >= 4 is 118 Å². The highest BCUT2D eigenvalue weighted by molar-refractivity contribution is 6.59. The summed E-state index contributed by atoms with van der Waals surface area (Å²) in [6.45, 7) is 9.12. The first-order chi connectivity index (χ1) is 26.5. The zero-order chi connectivity index (χ0) is 35.5. The summed E-state index contributed by atoms with van der Waals surface area (Å²) in [7, 11) is 0. The zero-order valence-electron chi connectivity index (χ0n) is 30.5. The van der Waals surface area contributed by atoms with Crippen LogP contribution in [0.1, 0.15) is 22.3 Å². The Balaban J connectivity index is 1.39. The Hall–Kier alpha value is -6.50. The van der Waals surface area contributed by atoms with Crippen molar-refractivity contribution in [2.24, 2.45) is 0 Å². The lowest BCUT2D eigenvalue weighted by Crippen LogP contribution is -2.01. The second-order valence-corrected chi connectivity index (χ2v) is 16.3. The molecule has 0 aliphatic rings. The molecule has 0 saturated heterocycles. The number of fused-ring (bicyclic) bond motifs is 2. The van der Waals surface area contributed by atoms with Crippen molar-refractivity contribution in [3.05, 3.63) is 144 Å². The van der Waals surface area contributed by atoms with Crippen LogP contribution in [0.4, 0.5) is 0 Å². The molecular formula is C54H32. The van der Waals surface area contributed by atoms with Gasteiger partial charge in [0.2, 0.25) is 0 Å². The van der Waals surface area contributed by atoms with Crippen LogP contribution in [-0.2, 0) is 0 Å². The van der Waals surface area contributed by atoms with E-state index >= 15 is 0 Å². The molecule has 54 heavy (non-hydrogen) atoms. The van der Waals surface area contributed by atoms with Crippen LogP contribution in [0, 0.1) is 27.7 Å². The molecule has 0 heterocycles. The first-order valence-corrected chi connectivity index (χ1v) is 19.4. The minimum absolute atomic E-state index is 1.33. The monoisotopic (exact) mass is 680 g/mol. The quantitative estimate of drug-likeness (QED) is 0.126. The van der Waals surface area contributed by atoms with Gasteiger partial charge in [-0.05, 0) is 191 Å². The molecule has 0 radical (unpaired) electrons. The summed E-state index contributed by atoms with van der Waals surface area (Å²) < 4.78 is 0. The van der Waals surface area contributed by atoms with Crippen molar-refractivity contribution in [2.75, 3.05) is 0 Å². The molecule has 0 amide bonds. The van der Waals surface area contributed by atoms with Crippen molar-refractivity contribution < 1.29 is 0 Å². The van der Waals surface area contributed by atoms with E-state index < -0.39 is 0 Å². The number of aryl methyl sites for hydroxylation is 2. The Morgan fingerprint density at radius 1 is 0.241 bits per heavy atom. The predicted molar refractivity (Wildman–Crippen MR) is 236 cm³/mol. The van der Waals surface area contributed by atoms with Crippen molar-refractivity contribution in [3.8, 4) is 22.3 Å². The topological polar surface area (TPSA) is 0 Å². The van der Waals surface area contributed by atoms with E-state index in [0.717, 1.165) is 0 Å². The minimum Gasteiger partial charge on any atom is -0.0614 e. The van der Waals surface area contributed by atoms with E-state index in [2.05, 4.69) is 149 Å². The van der Waals surface area contributed by atoms with E-state index in [1.807, 2.05) is 0 Å². The van der Waals surface area contributed by atoms with Crippen LogP contribution in [-0.4, -0.2) is 0 Å². The van der Waals surface area contributed by atoms with E-state index in [9.17, 15) is 0 Å². The van der Waals surface area contributed by atoms with E-state index in [0.29, 0.717) is 0 Å². The van der Waals surface area contributed by atoms with Crippen LogP contribution in [0.3, 0.4) is 0 Å². The Morgan fingerprint density at radius 2 is 0.556 bits per heavy atom. The van der Waals surface area contributed by atoms with Gasteiger partial charge in [0.25, 0.3) is 0 Å². The summed E-state index contributed by atoms with van der Waals surface area (Å²) in [4.78, 5) is 0. The molecule has 14 aromatic carbocycles. The SMILES string of the molecule is Cc1cccc(-c2c3cccc4c5ccc6ccc7c(-c8cccc(C)c8C)c8cccc9c%10ccc%11ccc2c2c%11c%10c%10c(c89)c7c6c5c%10c2c34)c1C. The Bertz CT molecular complexity index is 3650. The van der Waals surface area contributed by atoms with Gasteiger partial charge in [-0.2, -0.15) is 0 Å². The summed E-state index contributed by atoms with van der Waals surface area (Å²) in [5.74, 6) is 0. The Morgan fingerprint density at radius 3 is 1.00 bits per heavy atom. The highest BCUT2D eigenvalue weighted by atomic mass is 14.3.